The molecule has 1 aliphatic carbocycles. The van der Waals surface area contributed by atoms with Crippen molar-refractivity contribution in [3.63, 3.8) is 0 Å². The summed E-state index contributed by atoms with van der Waals surface area (Å²) in [4.78, 5) is 11.0. The number of esters is 1. The molecular formula is C16H23NO2. The molecule has 2 rings (SSSR count). The second-order valence-electron chi connectivity index (χ2n) is 5.17. The van der Waals surface area contributed by atoms with Gasteiger partial charge in [-0.05, 0) is 55.3 Å². The van der Waals surface area contributed by atoms with Gasteiger partial charge in [0.1, 0.15) is 0 Å². The van der Waals surface area contributed by atoms with Gasteiger partial charge in [0.15, 0.2) is 0 Å². The molecule has 19 heavy (non-hydrogen) atoms. The highest BCUT2D eigenvalue weighted by molar-refractivity contribution is 5.69. The molecule has 0 saturated heterocycles. The first-order valence-electron chi connectivity index (χ1n) is 7.18. The van der Waals surface area contributed by atoms with Gasteiger partial charge in [0.05, 0.1) is 7.11 Å². The van der Waals surface area contributed by atoms with Crippen LogP contribution in [0.2, 0.25) is 0 Å². The summed E-state index contributed by atoms with van der Waals surface area (Å²) in [6.45, 7) is 1.74. The molecule has 0 radical (unpaired) electrons. The quantitative estimate of drug-likeness (QED) is 0.632. The van der Waals surface area contributed by atoms with Crippen molar-refractivity contribution in [1.82, 2.24) is 5.32 Å². The van der Waals surface area contributed by atoms with E-state index in [4.69, 9.17) is 0 Å². The molecule has 0 spiro atoms. The fourth-order valence-corrected chi connectivity index (χ4v) is 2.59. The molecule has 104 valence electrons. The highest BCUT2D eigenvalue weighted by atomic mass is 16.5. The van der Waals surface area contributed by atoms with E-state index in [0.29, 0.717) is 6.42 Å². The van der Waals surface area contributed by atoms with Gasteiger partial charge in [-0.15, -0.1) is 0 Å². The van der Waals surface area contributed by atoms with Gasteiger partial charge < -0.3 is 10.1 Å². The first kappa shape index (κ1) is 14.1. The second-order valence-corrected chi connectivity index (χ2v) is 5.17. The molecule has 0 aromatic heterocycles. The normalized spacial score (nSPS) is 13.9. The SMILES string of the molecule is COC(=O)CCCNCc1ccc2c(c1)CCCC2. The van der Waals surface area contributed by atoms with Gasteiger partial charge in [0.2, 0.25) is 0 Å². The maximum absolute atomic E-state index is 11.0. The zero-order chi connectivity index (χ0) is 13.5. The van der Waals surface area contributed by atoms with Gasteiger partial charge >= 0.3 is 5.97 Å². The molecule has 0 amide bonds. The largest absolute Gasteiger partial charge is 0.469 e. The van der Waals surface area contributed by atoms with E-state index in [-0.39, 0.29) is 5.97 Å². The van der Waals surface area contributed by atoms with Crippen LogP contribution in [-0.4, -0.2) is 19.6 Å². The van der Waals surface area contributed by atoms with Gasteiger partial charge in [-0.2, -0.15) is 0 Å². The molecule has 0 unspecified atom stereocenters. The van der Waals surface area contributed by atoms with Gasteiger partial charge in [-0.1, -0.05) is 18.2 Å². The Morgan fingerprint density at radius 3 is 2.84 bits per heavy atom. The first-order valence-corrected chi connectivity index (χ1v) is 7.18. The third-order valence-corrected chi connectivity index (χ3v) is 3.70. The van der Waals surface area contributed by atoms with Gasteiger partial charge in [0.25, 0.3) is 0 Å². The molecular weight excluding hydrogens is 238 g/mol. The summed E-state index contributed by atoms with van der Waals surface area (Å²) in [5.74, 6) is -0.129. The maximum atomic E-state index is 11.0. The lowest BCUT2D eigenvalue weighted by Crippen LogP contribution is -2.16. The van der Waals surface area contributed by atoms with Gasteiger partial charge in [0, 0.05) is 13.0 Å². The fraction of sp³-hybridized carbons (Fsp3) is 0.562. The third-order valence-electron chi connectivity index (χ3n) is 3.70. The second kappa shape index (κ2) is 7.29. The number of hydrogen-bond acceptors (Lipinski definition) is 3. The van der Waals surface area contributed by atoms with Crippen molar-refractivity contribution in [3.8, 4) is 0 Å². The summed E-state index contributed by atoms with van der Waals surface area (Å²) in [7, 11) is 1.43. The summed E-state index contributed by atoms with van der Waals surface area (Å²) in [6.07, 6.45) is 6.44. The molecule has 3 heteroatoms. The fourth-order valence-electron chi connectivity index (χ4n) is 2.59. The van der Waals surface area contributed by atoms with Gasteiger partial charge in [-0.25, -0.2) is 0 Å². The summed E-state index contributed by atoms with van der Waals surface area (Å²) < 4.78 is 4.61. The summed E-state index contributed by atoms with van der Waals surface area (Å²) >= 11 is 0. The monoisotopic (exact) mass is 261 g/mol. The van der Waals surface area contributed by atoms with Crippen molar-refractivity contribution >= 4 is 5.97 Å². The lowest BCUT2D eigenvalue weighted by atomic mass is 9.90. The number of aryl methyl sites for hydroxylation is 2. The predicted molar refractivity (Wildman–Crippen MR) is 76.0 cm³/mol. The molecule has 1 aromatic carbocycles. The topological polar surface area (TPSA) is 38.3 Å². The average molecular weight is 261 g/mol. The number of carbonyl (C=O) groups is 1. The molecule has 0 heterocycles. The number of ether oxygens (including phenoxy) is 1. The number of nitrogens with one attached hydrogen (secondary N) is 1. The zero-order valence-corrected chi connectivity index (χ0v) is 11.7. The molecule has 3 nitrogen and oxygen atoms in total. The van der Waals surface area contributed by atoms with Crippen LogP contribution in [0.1, 0.15) is 42.4 Å². The van der Waals surface area contributed by atoms with E-state index in [0.717, 1.165) is 19.5 Å². The van der Waals surface area contributed by atoms with Gasteiger partial charge in [-0.3, -0.25) is 4.79 Å². The van der Waals surface area contributed by atoms with Crippen molar-refractivity contribution < 1.29 is 9.53 Å². The summed E-state index contributed by atoms with van der Waals surface area (Å²) in [6, 6.07) is 6.83. The first-order chi connectivity index (χ1) is 9.29. The number of methoxy groups -OCH3 is 1. The highest BCUT2D eigenvalue weighted by Crippen LogP contribution is 2.22. The van der Waals surface area contributed by atoms with Crippen LogP contribution < -0.4 is 5.32 Å². The molecule has 0 atom stereocenters. The Labute approximate surface area is 115 Å². The minimum atomic E-state index is -0.129. The van der Waals surface area contributed by atoms with E-state index in [1.165, 1.54) is 49.5 Å². The molecule has 1 aromatic rings. The van der Waals surface area contributed by atoms with Crippen LogP contribution in [-0.2, 0) is 28.9 Å². The number of hydrogen-bond donors (Lipinski definition) is 1. The summed E-state index contributed by atoms with van der Waals surface area (Å²) in [5, 5.41) is 3.38. The molecule has 0 saturated carbocycles. The smallest absolute Gasteiger partial charge is 0.305 e. The van der Waals surface area contributed by atoms with E-state index in [1.807, 2.05) is 0 Å². The zero-order valence-electron chi connectivity index (χ0n) is 11.7. The number of fused-ring (bicyclic) bond motifs is 1. The third kappa shape index (κ3) is 4.35. The average Bonchev–Trinajstić information content (AvgIpc) is 2.46. The summed E-state index contributed by atoms with van der Waals surface area (Å²) in [5.41, 5.74) is 4.40. The Morgan fingerprint density at radius 1 is 1.26 bits per heavy atom. The molecule has 1 aliphatic rings. The van der Waals surface area contributed by atoms with Crippen LogP contribution in [0.15, 0.2) is 18.2 Å². The van der Waals surface area contributed by atoms with Crippen LogP contribution in [0.3, 0.4) is 0 Å². The molecule has 0 bridgehead atoms. The van der Waals surface area contributed by atoms with Crippen LogP contribution in [0.5, 0.6) is 0 Å². The number of benzene rings is 1. The molecule has 1 N–H and O–H groups in total. The minimum Gasteiger partial charge on any atom is -0.469 e. The van der Waals surface area contributed by atoms with E-state index in [9.17, 15) is 4.79 Å². The highest BCUT2D eigenvalue weighted by Gasteiger charge is 2.09. The van der Waals surface area contributed by atoms with E-state index in [2.05, 4.69) is 28.3 Å². The van der Waals surface area contributed by atoms with Crippen molar-refractivity contribution in [1.29, 1.82) is 0 Å². The molecule has 0 aliphatic heterocycles. The van der Waals surface area contributed by atoms with E-state index >= 15 is 0 Å². The Hall–Kier alpha value is -1.35. The predicted octanol–water partition coefficient (Wildman–Crippen LogP) is 2.61. The molecule has 0 fully saturated rings. The Balaban J connectivity index is 1.72. The Kier molecular flexibility index (Phi) is 5.40. The van der Waals surface area contributed by atoms with E-state index in [1.54, 1.807) is 0 Å². The van der Waals surface area contributed by atoms with Crippen molar-refractivity contribution in [2.24, 2.45) is 0 Å². The van der Waals surface area contributed by atoms with Crippen LogP contribution in [0.25, 0.3) is 0 Å². The van der Waals surface area contributed by atoms with Crippen molar-refractivity contribution in [2.45, 2.75) is 45.1 Å². The number of rotatable bonds is 6. The van der Waals surface area contributed by atoms with Crippen molar-refractivity contribution in [2.75, 3.05) is 13.7 Å². The Morgan fingerprint density at radius 2 is 2.05 bits per heavy atom. The minimum absolute atomic E-state index is 0.129. The lowest BCUT2D eigenvalue weighted by molar-refractivity contribution is -0.140. The van der Waals surface area contributed by atoms with Crippen LogP contribution in [0, 0.1) is 0 Å². The van der Waals surface area contributed by atoms with Crippen molar-refractivity contribution in [3.05, 3.63) is 34.9 Å². The Bertz CT molecular complexity index is 429. The standard InChI is InChI=1S/C16H23NO2/c1-19-16(18)7-4-10-17-12-13-8-9-14-5-2-3-6-15(14)11-13/h8-9,11,17H,2-7,10,12H2,1H3. The van der Waals surface area contributed by atoms with E-state index < -0.39 is 0 Å². The lowest BCUT2D eigenvalue weighted by Gasteiger charge is -2.16. The maximum Gasteiger partial charge on any atom is 0.305 e. The van der Waals surface area contributed by atoms with Crippen LogP contribution in [0.4, 0.5) is 0 Å². The van der Waals surface area contributed by atoms with Crippen LogP contribution >= 0.6 is 0 Å². The number of carbonyl (C=O) groups excluding carboxylic acids is 1.